The lowest BCUT2D eigenvalue weighted by atomic mass is 10.1. The van der Waals surface area contributed by atoms with Crippen LogP contribution in [0.3, 0.4) is 0 Å². The lowest BCUT2D eigenvalue weighted by molar-refractivity contribution is 0.598. The number of rotatable bonds is 3. The summed E-state index contributed by atoms with van der Waals surface area (Å²) in [4.78, 5) is 2.41. The monoisotopic (exact) mass is 329 g/mol. The molecule has 0 amide bonds. The number of hydrogen-bond donors (Lipinski definition) is 1. The van der Waals surface area contributed by atoms with E-state index >= 15 is 0 Å². The van der Waals surface area contributed by atoms with Gasteiger partial charge in [-0.2, -0.15) is 0 Å². The third kappa shape index (κ3) is 3.11. The molecular weight excluding hydrogens is 314 g/mol. The van der Waals surface area contributed by atoms with E-state index < -0.39 is 10.0 Å². The highest BCUT2D eigenvalue weighted by atomic mass is 32.2. The van der Waals surface area contributed by atoms with Crippen LogP contribution in [0.5, 0.6) is 0 Å². The Labute approximate surface area is 134 Å². The van der Waals surface area contributed by atoms with Crippen molar-refractivity contribution in [2.24, 2.45) is 5.14 Å². The van der Waals surface area contributed by atoms with Crippen molar-refractivity contribution in [2.45, 2.75) is 11.8 Å². The molecule has 22 heavy (non-hydrogen) atoms. The van der Waals surface area contributed by atoms with Crippen LogP contribution in [0.15, 0.2) is 65.6 Å². The molecule has 3 nitrogen and oxygen atoms in total. The summed E-state index contributed by atoms with van der Waals surface area (Å²) in [5.74, 6) is 0. The van der Waals surface area contributed by atoms with Gasteiger partial charge >= 0.3 is 0 Å². The first-order valence-electron chi connectivity index (χ1n) is 6.73. The quantitative estimate of drug-likeness (QED) is 0.788. The maximum absolute atomic E-state index is 11.3. The van der Waals surface area contributed by atoms with Crippen LogP contribution >= 0.6 is 11.3 Å². The van der Waals surface area contributed by atoms with Gasteiger partial charge in [0.1, 0.15) is 0 Å². The Morgan fingerprint density at radius 2 is 1.23 bits per heavy atom. The van der Waals surface area contributed by atoms with E-state index in [1.807, 2.05) is 6.07 Å². The largest absolute Gasteiger partial charge is 0.238 e. The summed E-state index contributed by atoms with van der Waals surface area (Å²) < 4.78 is 22.6. The second-order valence-electron chi connectivity index (χ2n) is 5.10. The number of sulfonamides is 1. The van der Waals surface area contributed by atoms with Gasteiger partial charge in [-0.15, -0.1) is 11.3 Å². The molecule has 5 heteroatoms. The molecule has 0 spiro atoms. The molecule has 112 valence electrons. The first-order valence-corrected chi connectivity index (χ1v) is 9.10. The van der Waals surface area contributed by atoms with Crippen molar-refractivity contribution in [1.82, 2.24) is 0 Å². The van der Waals surface area contributed by atoms with Gasteiger partial charge in [0.25, 0.3) is 0 Å². The summed E-state index contributed by atoms with van der Waals surface area (Å²) in [6.07, 6.45) is 0. The molecule has 1 heterocycles. The van der Waals surface area contributed by atoms with Crippen LogP contribution in [0, 0.1) is 6.92 Å². The van der Waals surface area contributed by atoms with Gasteiger partial charge in [-0.3, -0.25) is 0 Å². The molecule has 0 bridgehead atoms. The van der Waals surface area contributed by atoms with E-state index in [0.29, 0.717) is 0 Å². The van der Waals surface area contributed by atoms with Crippen LogP contribution in [0.2, 0.25) is 0 Å². The topological polar surface area (TPSA) is 60.2 Å². The molecule has 2 aromatic carbocycles. The van der Waals surface area contributed by atoms with Crippen molar-refractivity contribution in [3.63, 3.8) is 0 Å². The molecule has 0 atom stereocenters. The van der Waals surface area contributed by atoms with Crippen molar-refractivity contribution in [3.8, 4) is 20.9 Å². The second-order valence-corrected chi connectivity index (χ2v) is 7.74. The number of nitrogens with two attached hydrogens (primary N) is 1. The minimum Gasteiger partial charge on any atom is -0.225 e. The van der Waals surface area contributed by atoms with Crippen LogP contribution in [-0.2, 0) is 10.0 Å². The first-order chi connectivity index (χ1) is 10.4. The Hall–Kier alpha value is -1.95. The molecule has 3 rings (SSSR count). The average molecular weight is 329 g/mol. The summed E-state index contributed by atoms with van der Waals surface area (Å²) in [7, 11) is -3.64. The zero-order chi connectivity index (χ0) is 15.7. The molecule has 0 aliphatic rings. The fourth-order valence-electron chi connectivity index (χ4n) is 2.17. The Morgan fingerprint density at radius 1 is 0.773 bits per heavy atom. The van der Waals surface area contributed by atoms with Crippen LogP contribution in [0.1, 0.15) is 5.56 Å². The van der Waals surface area contributed by atoms with Crippen molar-refractivity contribution in [3.05, 3.63) is 66.2 Å². The molecular formula is C17H15NO2S2. The van der Waals surface area contributed by atoms with Crippen molar-refractivity contribution < 1.29 is 8.42 Å². The fourth-order valence-corrected chi connectivity index (χ4v) is 3.71. The Bertz CT molecular complexity index is 893. The molecule has 0 radical (unpaired) electrons. The molecule has 0 saturated carbocycles. The smallest absolute Gasteiger partial charge is 0.225 e. The zero-order valence-corrected chi connectivity index (χ0v) is 13.6. The minimum absolute atomic E-state index is 0.131. The third-order valence-corrected chi connectivity index (χ3v) is 5.52. The number of thiophene rings is 1. The Balaban J connectivity index is 1.92. The lowest BCUT2D eigenvalue weighted by Crippen LogP contribution is -2.11. The minimum atomic E-state index is -3.64. The number of benzene rings is 2. The van der Waals surface area contributed by atoms with E-state index in [1.54, 1.807) is 23.5 Å². The highest BCUT2D eigenvalue weighted by Gasteiger charge is 2.09. The molecule has 1 aromatic heterocycles. The lowest BCUT2D eigenvalue weighted by Gasteiger charge is -2.01. The summed E-state index contributed by atoms with van der Waals surface area (Å²) in [6.45, 7) is 2.07. The van der Waals surface area contributed by atoms with Gasteiger partial charge < -0.3 is 0 Å². The van der Waals surface area contributed by atoms with Crippen molar-refractivity contribution in [1.29, 1.82) is 0 Å². The van der Waals surface area contributed by atoms with E-state index in [9.17, 15) is 8.42 Å². The van der Waals surface area contributed by atoms with E-state index in [0.717, 1.165) is 10.4 Å². The first kappa shape index (κ1) is 15.0. The fraction of sp³-hybridized carbons (Fsp3) is 0.0588. The van der Waals surface area contributed by atoms with E-state index in [-0.39, 0.29) is 4.90 Å². The second kappa shape index (κ2) is 5.68. The van der Waals surface area contributed by atoms with Gasteiger partial charge in [-0.05, 0) is 42.3 Å². The maximum Gasteiger partial charge on any atom is 0.238 e. The van der Waals surface area contributed by atoms with Crippen LogP contribution in [0.4, 0.5) is 0 Å². The molecule has 0 fully saturated rings. The van der Waals surface area contributed by atoms with Gasteiger partial charge in [0, 0.05) is 9.75 Å². The summed E-state index contributed by atoms with van der Waals surface area (Å²) in [6, 6.07) is 19.2. The number of primary sulfonamides is 1. The normalized spacial score (nSPS) is 11.5. The molecule has 2 N–H and O–H groups in total. The predicted octanol–water partition coefficient (Wildman–Crippen LogP) is 4.04. The van der Waals surface area contributed by atoms with Crippen molar-refractivity contribution >= 4 is 21.4 Å². The van der Waals surface area contributed by atoms with Gasteiger partial charge in [-0.1, -0.05) is 42.0 Å². The van der Waals surface area contributed by atoms with Crippen LogP contribution < -0.4 is 5.14 Å². The van der Waals surface area contributed by atoms with E-state index in [1.165, 1.54) is 28.1 Å². The van der Waals surface area contributed by atoms with Gasteiger partial charge in [-0.25, -0.2) is 13.6 Å². The predicted molar refractivity (Wildman–Crippen MR) is 91.3 cm³/mol. The zero-order valence-electron chi connectivity index (χ0n) is 12.0. The number of aryl methyl sites for hydroxylation is 1. The number of hydrogen-bond acceptors (Lipinski definition) is 3. The summed E-state index contributed by atoms with van der Waals surface area (Å²) >= 11 is 1.68. The van der Waals surface area contributed by atoms with Crippen molar-refractivity contribution in [2.75, 3.05) is 0 Å². The van der Waals surface area contributed by atoms with E-state index in [4.69, 9.17) is 5.14 Å². The summed E-state index contributed by atoms with van der Waals surface area (Å²) in [5, 5.41) is 5.11. The molecule has 3 aromatic rings. The molecule has 0 unspecified atom stereocenters. The Morgan fingerprint density at radius 3 is 1.68 bits per heavy atom. The SMILES string of the molecule is Cc1ccc(-c2ccc(-c3ccc(S(N)(=O)=O)cc3)s2)cc1. The highest BCUT2D eigenvalue weighted by Crippen LogP contribution is 2.34. The highest BCUT2D eigenvalue weighted by molar-refractivity contribution is 7.89. The average Bonchev–Trinajstić information content (AvgIpc) is 2.97. The summed E-state index contributed by atoms with van der Waals surface area (Å²) in [5.41, 5.74) is 3.40. The van der Waals surface area contributed by atoms with E-state index in [2.05, 4.69) is 37.3 Å². The molecule has 0 aliphatic carbocycles. The maximum atomic E-state index is 11.3. The Kier molecular flexibility index (Phi) is 3.87. The third-order valence-electron chi connectivity index (χ3n) is 3.41. The van der Waals surface area contributed by atoms with Gasteiger partial charge in [0.15, 0.2) is 0 Å². The van der Waals surface area contributed by atoms with Gasteiger partial charge in [0.2, 0.25) is 10.0 Å². The van der Waals surface area contributed by atoms with Gasteiger partial charge in [0.05, 0.1) is 4.90 Å². The molecule has 0 saturated heterocycles. The molecule has 0 aliphatic heterocycles. The standard InChI is InChI=1S/C17H15NO2S2/c1-12-2-4-13(5-3-12)16-10-11-17(21-16)14-6-8-15(9-7-14)22(18,19)20/h2-11H,1H3,(H2,18,19,20). The van der Waals surface area contributed by atoms with Crippen LogP contribution in [-0.4, -0.2) is 8.42 Å². The van der Waals surface area contributed by atoms with Crippen LogP contribution in [0.25, 0.3) is 20.9 Å².